The maximum absolute atomic E-state index is 11.9. The number of fused-ring (bicyclic) bond motifs is 1. The van der Waals surface area contributed by atoms with Crippen LogP contribution in [0.2, 0.25) is 0 Å². The number of urea groups is 1. The van der Waals surface area contributed by atoms with E-state index in [1.54, 1.807) is 42.7 Å². The van der Waals surface area contributed by atoms with Crippen LogP contribution in [-0.4, -0.2) is 16.0 Å². The Morgan fingerprint density at radius 3 is 2.57 bits per heavy atom. The molecular formula is C15H11N5O. The number of benzene rings is 2. The lowest BCUT2D eigenvalue weighted by molar-refractivity contribution is 0.262. The summed E-state index contributed by atoms with van der Waals surface area (Å²) in [6.45, 7) is 0. The number of anilines is 2. The summed E-state index contributed by atoms with van der Waals surface area (Å²) < 4.78 is 0. The number of carbonyl (C=O) groups is 1. The molecule has 3 N–H and O–H groups in total. The molecule has 1 heterocycles. The Bertz CT molecular complexity index is 829. The van der Waals surface area contributed by atoms with Crippen LogP contribution in [0.15, 0.2) is 48.8 Å². The first kappa shape index (κ1) is 12.7. The number of hydrogen-bond acceptors (Lipinski definition) is 3. The van der Waals surface area contributed by atoms with Crippen LogP contribution in [0.5, 0.6) is 0 Å². The average molecular weight is 277 g/mol. The Balaban J connectivity index is 1.69. The maximum Gasteiger partial charge on any atom is 0.323 e. The zero-order valence-corrected chi connectivity index (χ0v) is 10.9. The van der Waals surface area contributed by atoms with Crippen molar-refractivity contribution in [1.82, 2.24) is 9.97 Å². The van der Waals surface area contributed by atoms with Gasteiger partial charge in [0.1, 0.15) is 0 Å². The highest BCUT2D eigenvalue weighted by molar-refractivity contribution is 6.00. The van der Waals surface area contributed by atoms with Crippen molar-refractivity contribution in [3.05, 3.63) is 54.4 Å². The third kappa shape index (κ3) is 2.82. The van der Waals surface area contributed by atoms with Crippen LogP contribution in [0, 0.1) is 11.3 Å². The van der Waals surface area contributed by atoms with E-state index >= 15 is 0 Å². The van der Waals surface area contributed by atoms with Gasteiger partial charge in [-0.05, 0) is 42.5 Å². The van der Waals surface area contributed by atoms with Crippen molar-refractivity contribution in [3.8, 4) is 6.07 Å². The predicted molar refractivity (Wildman–Crippen MR) is 79.9 cm³/mol. The summed E-state index contributed by atoms with van der Waals surface area (Å²) in [5.41, 5.74) is 3.52. The number of imidazole rings is 1. The number of hydrogen-bond donors (Lipinski definition) is 3. The molecule has 0 aliphatic carbocycles. The number of rotatable bonds is 2. The average Bonchev–Trinajstić information content (AvgIpc) is 2.95. The van der Waals surface area contributed by atoms with Gasteiger partial charge in [-0.2, -0.15) is 5.26 Å². The second-order valence-corrected chi connectivity index (χ2v) is 4.40. The highest BCUT2D eigenvalue weighted by atomic mass is 16.2. The van der Waals surface area contributed by atoms with Crippen molar-refractivity contribution in [2.45, 2.75) is 0 Å². The number of aromatic nitrogens is 2. The Morgan fingerprint density at radius 1 is 1.10 bits per heavy atom. The van der Waals surface area contributed by atoms with Crippen LogP contribution >= 0.6 is 0 Å². The minimum Gasteiger partial charge on any atom is -0.345 e. The fourth-order valence-electron chi connectivity index (χ4n) is 1.93. The number of aromatic amines is 1. The number of nitriles is 1. The van der Waals surface area contributed by atoms with E-state index in [2.05, 4.69) is 20.6 Å². The fraction of sp³-hybridized carbons (Fsp3) is 0. The molecule has 2 aromatic carbocycles. The van der Waals surface area contributed by atoms with E-state index in [0.29, 0.717) is 16.9 Å². The van der Waals surface area contributed by atoms with E-state index in [-0.39, 0.29) is 6.03 Å². The van der Waals surface area contributed by atoms with Crippen LogP contribution in [0.25, 0.3) is 11.0 Å². The Morgan fingerprint density at radius 2 is 1.81 bits per heavy atom. The van der Waals surface area contributed by atoms with Gasteiger partial charge in [0.05, 0.1) is 29.0 Å². The number of carbonyl (C=O) groups excluding carboxylic acids is 1. The van der Waals surface area contributed by atoms with Crippen LogP contribution in [0.1, 0.15) is 5.56 Å². The van der Waals surface area contributed by atoms with Crippen molar-refractivity contribution in [3.63, 3.8) is 0 Å². The fourth-order valence-corrected chi connectivity index (χ4v) is 1.93. The van der Waals surface area contributed by atoms with Crippen molar-refractivity contribution in [2.75, 3.05) is 10.6 Å². The molecule has 0 aliphatic rings. The van der Waals surface area contributed by atoms with E-state index in [0.717, 1.165) is 11.0 Å². The standard InChI is InChI=1S/C15H11N5O/c16-8-10-1-3-11(4-2-10)19-15(21)20-12-5-6-13-14(7-12)18-9-17-13/h1-7,9H,(H,17,18)(H2,19,20,21). The van der Waals surface area contributed by atoms with E-state index in [9.17, 15) is 4.79 Å². The van der Waals surface area contributed by atoms with Crippen LogP contribution < -0.4 is 10.6 Å². The van der Waals surface area contributed by atoms with Gasteiger partial charge in [-0.1, -0.05) is 0 Å². The third-order valence-corrected chi connectivity index (χ3v) is 2.95. The predicted octanol–water partition coefficient (Wildman–Crippen LogP) is 3.08. The topological polar surface area (TPSA) is 93.6 Å². The Labute approximate surface area is 120 Å². The molecule has 0 unspecified atom stereocenters. The van der Waals surface area contributed by atoms with Crippen molar-refractivity contribution in [2.24, 2.45) is 0 Å². The molecule has 0 atom stereocenters. The highest BCUT2D eigenvalue weighted by Crippen LogP contribution is 2.16. The summed E-state index contributed by atoms with van der Waals surface area (Å²) in [4.78, 5) is 19.0. The molecule has 0 radical (unpaired) electrons. The number of nitrogens with one attached hydrogen (secondary N) is 3. The van der Waals surface area contributed by atoms with Crippen LogP contribution in [0.4, 0.5) is 16.2 Å². The van der Waals surface area contributed by atoms with Gasteiger partial charge in [0.15, 0.2) is 0 Å². The highest BCUT2D eigenvalue weighted by Gasteiger charge is 2.04. The van der Waals surface area contributed by atoms with Gasteiger partial charge in [0, 0.05) is 11.4 Å². The summed E-state index contributed by atoms with van der Waals surface area (Å²) in [5.74, 6) is 0. The molecule has 102 valence electrons. The van der Waals surface area contributed by atoms with E-state index in [1.807, 2.05) is 12.1 Å². The Kier molecular flexibility index (Phi) is 3.23. The van der Waals surface area contributed by atoms with E-state index in [1.165, 1.54) is 0 Å². The maximum atomic E-state index is 11.9. The van der Waals surface area contributed by atoms with Gasteiger partial charge in [0.2, 0.25) is 0 Å². The SMILES string of the molecule is N#Cc1ccc(NC(=O)Nc2ccc3nc[nH]c3c2)cc1. The number of nitrogens with zero attached hydrogens (tertiary/aromatic N) is 2. The van der Waals surface area contributed by atoms with E-state index in [4.69, 9.17) is 5.26 Å². The second kappa shape index (κ2) is 5.35. The minimum absolute atomic E-state index is 0.349. The van der Waals surface area contributed by atoms with Crippen LogP contribution in [0.3, 0.4) is 0 Å². The molecule has 1 aromatic heterocycles. The largest absolute Gasteiger partial charge is 0.345 e. The van der Waals surface area contributed by atoms with Crippen molar-refractivity contribution in [1.29, 1.82) is 5.26 Å². The molecule has 0 fully saturated rings. The monoisotopic (exact) mass is 277 g/mol. The first-order valence-electron chi connectivity index (χ1n) is 6.26. The third-order valence-electron chi connectivity index (χ3n) is 2.95. The quantitative estimate of drug-likeness (QED) is 0.672. The van der Waals surface area contributed by atoms with Gasteiger partial charge in [0.25, 0.3) is 0 Å². The van der Waals surface area contributed by atoms with Crippen LogP contribution in [-0.2, 0) is 0 Å². The van der Waals surface area contributed by atoms with Gasteiger partial charge < -0.3 is 15.6 Å². The van der Waals surface area contributed by atoms with E-state index < -0.39 is 0 Å². The normalized spacial score (nSPS) is 10.0. The lowest BCUT2D eigenvalue weighted by Crippen LogP contribution is -2.19. The zero-order valence-electron chi connectivity index (χ0n) is 10.9. The van der Waals surface area contributed by atoms with Gasteiger partial charge in [-0.3, -0.25) is 0 Å². The van der Waals surface area contributed by atoms with Crippen molar-refractivity contribution >= 4 is 28.4 Å². The molecule has 0 aliphatic heterocycles. The summed E-state index contributed by atoms with van der Waals surface area (Å²) in [6.07, 6.45) is 1.60. The molecule has 0 saturated heterocycles. The van der Waals surface area contributed by atoms with Gasteiger partial charge in [-0.25, -0.2) is 9.78 Å². The summed E-state index contributed by atoms with van der Waals surface area (Å²) in [6, 6.07) is 13.7. The molecule has 2 amide bonds. The molecule has 0 spiro atoms. The number of H-pyrrole nitrogens is 1. The lowest BCUT2D eigenvalue weighted by Gasteiger charge is -2.07. The van der Waals surface area contributed by atoms with Gasteiger partial charge in [-0.15, -0.1) is 0 Å². The molecule has 21 heavy (non-hydrogen) atoms. The molecule has 3 rings (SSSR count). The molecular weight excluding hydrogens is 266 g/mol. The summed E-state index contributed by atoms with van der Waals surface area (Å²) in [5, 5.41) is 14.2. The number of amides is 2. The lowest BCUT2D eigenvalue weighted by atomic mass is 10.2. The molecule has 6 nitrogen and oxygen atoms in total. The molecule has 0 saturated carbocycles. The molecule has 3 aromatic rings. The first-order valence-corrected chi connectivity index (χ1v) is 6.26. The zero-order chi connectivity index (χ0) is 14.7. The summed E-state index contributed by atoms with van der Waals surface area (Å²) in [7, 11) is 0. The summed E-state index contributed by atoms with van der Waals surface area (Å²) >= 11 is 0. The molecule has 6 heteroatoms. The molecule has 0 bridgehead atoms. The Hall–Kier alpha value is -3.33. The van der Waals surface area contributed by atoms with Gasteiger partial charge >= 0.3 is 6.03 Å². The second-order valence-electron chi connectivity index (χ2n) is 4.40. The smallest absolute Gasteiger partial charge is 0.323 e. The first-order chi connectivity index (χ1) is 10.2. The van der Waals surface area contributed by atoms with Crippen molar-refractivity contribution < 1.29 is 4.79 Å². The minimum atomic E-state index is -0.349.